The Hall–Kier alpha value is -2.68. The lowest BCUT2D eigenvalue weighted by Crippen LogP contribution is -2.49. The molecule has 116 valence electrons. The normalized spacial score (nSPS) is 23.4. The van der Waals surface area contributed by atoms with Gasteiger partial charge in [-0.1, -0.05) is 0 Å². The number of nitrogens with zero attached hydrogens (tertiary/aromatic N) is 6. The van der Waals surface area contributed by atoms with Crippen LogP contribution >= 0.6 is 0 Å². The Labute approximate surface area is 135 Å². The van der Waals surface area contributed by atoms with E-state index < -0.39 is 0 Å². The summed E-state index contributed by atoms with van der Waals surface area (Å²) in [5.74, 6) is 2.47. The second-order valence-electron chi connectivity index (χ2n) is 6.10. The first-order chi connectivity index (χ1) is 11.4. The van der Waals surface area contributed by atoms with E-state index in [4.69, 9.17) is 0 Å². The fourth-order valence-corrected chi connectivity index (χ4v) is 3.80. The molecule has 0 amide bonds. The lowest BCUT2D eigenvalue weighted by molar-refractivity contribution is 0.388. The molecule has 2 atom stereocenters. The molecule has 2 aliphatic heterocycles. The maximum Gasteiger partial charge on any atom is 0.146 e. The number of hydrogen-bond donors (Lipinski definition) is 0. The SMILES string of the molecule is N#Cc1cccnc1N1CCC2CCN(c3ccncn3)CC21. The molecular formula is C17H18N6. The molecule has 2 aromatic heterocycles. The van der Waals surface area contributed by atoms with E-state index in [2.05, 4.69) is 30.8 Å². The molecule has 6 nitrogen and oxygen atoms in total. The molecule has 0 bridgehead atoms. The number of aromatic nitrogens is 3. The highest BCUT2D eigenvalue weighted by Gasteiger charge is 2.39. The summed E-state index contributed by atoms with van der Waals surface area (Å²) in [5, 5.41) is 9.36. The van der Waals surface area contributed by atoms with Gasteiger partial charge >= 0.3 is 0 Å². The van der Waals surface area contributed by atoms with E-state index in [1.807, 2.05) is 18.2 Å². The molecule has 0 radical (unpaired) electrons. The maximum absolute atomic E-state index is 9.36. The third kappa shape index (κ3) is 2.48. The highest BCUT2D eigenvalue weighted by atomic mass is 15.3. The Bertz CT molecular complexity index is 725. The molecule has 0 aliphatic carbocycles. The summed E-state index contributed by atoms with van der Waals surface area (Å²) in [6, 6.07) is 8.29. The summed E-state index contributed by atoms with van der Waals surface area (Å²) in [5.41, 5.74) is 0.660. The van der Waals surface area contributed by atoms with Crippen molar-refractivity contribution < 1.29 is 0 Å². The summed E-state index contributed by atoms with van der Waals surface area (Å²) < 4.78 is 0. The summed E-state index contributed by atoms with van der Waals surface area (Å²) in [6.45, 7) is 2.92. The molecule has 0 N–H and O–H groups in total. The molecule has 2 aliphatic rings. The average Bonchev–Trinajstić information content (AvgIpc) is 3.05. The zero-order chi connectivity index (χ0) is 15.6. The van der Waals surface area contributed by atoms with E-state index in [1.54, 1.807) is 18.7 Å². The van der Waals surface area contributed by atoms with Crippen molar-refractivity contribution in [2.75, 3.05) is 29.4 Å². The van der Waals surface area contributed by atoms with Gasteiger partial charge in [0.1, 0.15) is 24.0 Å². The van der Waals surface area contributed by atoms with Crippen LogP contribution in [-0.4, -0.2) is 40.6 Å². The number of hydrogen-bond acceptors (Lipinski definition) is 6. The third-order valence-electron chi connectivity index (χ3n) is 4.93. The summed E-state index contributed by atoms with van der Waals surface area (Å²) in [4.78, 5) is 17.5. The molecule has 4 heterocycles. The third-order valence-corrected chi connectivity index (χ3v) is 4.93. The Morgan fingerprint density at radius 2 is 2.04 bits per heavy atom. The molecular weight excluding hydrogens is 288 g/mol. The van der Waals surface area contributed by atoms with Crippen molar-refractivity contribution in [3.8, 4) is 6.07 Å². The second-order valence-corrected chi connectivity index (χ2v) is 6.10. The van der Waals surface area contributed by atoms with Gasteiger partial charge in [-0.15, -0.1) is 0 Å². The van der Waals surface area contributed by atoms with Gasteiger partial charge in [0.25, 0.3) is 0 Å². The molecule has 6 heteroatoms. The summed E-state index contributed by atoms with van der Waals surface area (Å²) in [6.07, 6.45) is 7.48. The lowest BCUT2D eigenvalue weighted by atomic mass is 9.92. The molecule has 0 spiro atoms. The first-order valence-electron chi connectivity index (χ1n) is 7.99. The van der Waals surface area contributed by atoms with Crippen molar-refractivity contribution in [3.05, 3.63) is 42.5 Å². The Balaban J connectivity index is 1.61. The zero-order valence-electron chi connectivity index (χ0n) is 12.8. The van der Waals surface area contributed by atoms with Gasteiger partial charge in [0, 0.05) is 32.0 Å². The molecule has 2 aromatic rings. The van der Waals surface area contributed by atoms with Crippen LogP contribution < -0.4 is 9.80 Å². The number of piperidine rings is 1. The predicted molar refractivity (Wildman–Crippen MR) is 87.1 cm³/mol. The Kier molecular flexibility index (Phi) is 3.54. The minimum Gasteiger partial charge on any atom is -0.354 e. The molecule has 23 heavy (non-hydrogen) atoms. The topological polar surface area (TPSA) is 68.9 Å². The van der Waals surface area contributed by atoms with Gasteiger partial charge in [-0.2, -0.15) is 5.26 Å². The van der Waals surface area contributed by atoms with E-state index >= 15 is 0 Å². The first kappa shape index (κ1) is 13.9. The largest absolute Gasteiger partial charge is 0.354 e. The van der Waals surface area contributed by atoms with Crippen molar-refractivity contribution in [1.82, 2.24) is 15.0 Å². The van der Waals surface area contributed by atoms with Crippen molar-refractivity contribution in [3.63, 3.8) is 0 Å². The van der Waals surface area contributed by atoms with Gasteiger partial charge in [-0.05, 0) is 37.0 Å². The van der Waals surface area contributed by atoms with Gasteiger partial charge < -0.3 is 9.80 Å². The highest BCUT2D eigenvalue weighted by molar-refractivity contribution is 5.56. The fraction of sp³-hybridized carbons (Fsp3) is 0.412. The van der Waals surface area contributed by atoms with Crippen LogP contribution in [0.5, 0.6) is 0 Å². The number of nitriles is 1. The van der Waals surface area contributed by atoms with E-state index in [0.29, 0.717) is 17.5 Å². The number of anilines is 2. The first-order valence-corrected chi connectivity index (χ1v) is 7.99. The van der Waals surface area contributed by atoms with Gasteiger partial charge in [0.2, 0.25) is 0 Å². The molecule has 0 saturated carbocycles. The standard InChI is InChI=1S/C17H18N6/c18-10-14-2-1-6-20-17(14)23-9-5-13-4-8-22(11-15(13)23)16-3-7-19-12-21-16/h1-3,6-7,12-13,15H,4-5,8-9,11H2. The number of fused-ring (bicyclic) bond motifs is 1. The maximum atomic E-state index is 9.36. The minimum atomic E-state index is 0.390. The van der Waals surface area contributed by atoms with Crippen LogP contribution in [0.1, 0.15) is 18.4 Å². The molecule has 4 rings (SSSR count). The van der Waals surface area contributed by atoms with Crippen LogP contribution in [0.25, 0.3) is 0 Å². The van der Waals surface area contributed by atoms with Crippen molar-refractivity contribution >= 4 is 11.6 Å². The van der Waals surface area contributed by atoms with Crippen LogP contribution in [0.15, 0.2) is 36.9 Å². The molecule has 2 saturated heterocycles. The highest BCUT2D eigenvalue weighted by Crippen LogP contribution is 2.36. The van der Waals surface area contributed by atoms with E-state index in [0.717, 1.165) is 37.7 Å². The lowest BCUT2D eigenvalue weighted by Gasteiger charge is -2.39. The van der Waals surface area contributed by atoms with E-state index in [1.165, 1.54) is 6.42 Å². The van der Waals surface area contributed by atoms with E-state index in [9.17, 15) is 5.26 Å². The van der Waals surface area contributed by atoms with E-state index in [-0.39, 0.29) is 0 Å². The molecule has 2 unspecified atom stereocenters. The number of rotatable bonds is 2. The number of pyridine rings is 1. The smallest absolute Gasteiger partial charge is 0.146 e. The Morgan fingerprint density at radius 1 is 1.13 bits per heavy atom. The van der Waals surface area contributed by atoms with Crippen molar-refractivity contribution in [2.24, 2.45) is 5.92 Å². The molecule has 2 fully saturated rings. The average molecular weight is 306 g/mol. The van der Waals surface area contributed by atoms with Crippen LogP contribution in [-0.2, 0) is 0 Å². The van der Waals surface area contributed by atoms with Crippen LogP contribution in [0.2, 0.25) is 0 Å². The predicted octanol–water partition coefficient (Wildman–Crippen LogP) is 1.85. The van der Waals surface area contributed by atoms with Crippen LogP contribution in [0.4, 0.5) is 11.6 Å². The minimum absolute atomic E-state index is 0.390. The van der Waals surface area contributed by atoms with Gasteiger partial charge in [0.05, 0.1) is 11.6 Å². The van der Waals surface area contributed by atoms with Gasteiger partial charge in [0.15, 0.2) is 0 Å². The zero-order valence-corrected chi connectivity index (χ0v) is 12.8. The van der Waals surface area contributed by atoms with Gasteiger partial charge in [-0.3, -0.25) is 0 Å². The second kappa shape index (κ2) is 5.84. The fourth-order valence-electron chi connectivity index (χ4n) is 3.80. The monoisotopic (exact) mass is 306 g/mol. The summed E-state index contributed by atoms with van der Waals surface area (Å²) >= 11 is 0. The van der Waals surface area contributed by atoms with Crippen LogP contribution in [0, 0.1) is 17.2 Å². The molecule has 0 aromatic carbocycles. The van der Waals surface area contributed by atoms with Crippen molar-refractivity contribution in [2.45, 2.75) is 18.9 Å². The summed E-state index contributed by atoms with van der Waals surface area (Å²) in [7, 11) is 0. The van der Waals surface area contributed by atoms with Crippen molar-refractivity contribution in [1.29, 1.82) is 5.26 Å². The van der Waals surface area contributed by atoms with Gasteiger partial charge in [-0.25, -0.2) is 15.0 Å². The van der Waals surface area contributed by atoms with Crippen LogP contribution in [0.3, 0.4) is 0 Å². The quantitative estimate of drug-likeness (QED) is 0.843. The Morgan fingerprint density at radius 3 is 2.87 bits per heavy atom.